The van der Waals surface area contributed by atoms with Gasteiger partial charge in [0.25, 0.3) is 0 Å². The number of benzene rings is 3. The molecule has 1 aromatic heterocycles. The zero-order chi connectivity index (χ0) is 20.5. The standard InChI is InChI=1S/C21H14Cl4N4/c1-11-2-7-18-19(8-11)29-21(27-13-4-6-15(23)17(25)10-13)20(28-18)26-12-3-5-14(22)16(24)9-12/h2-10H,1H3,(H,26,28)(H,27,29). The Bertz CT molecular complexity index is 1230. The molecule has 0 spiro atoms. The van der Waals surface area contributed by atoms with E-state index in [9.17, 15) is 0 Å². The van der Waals surface area contributed by atoms with Crippen LogP contribution < -0.4 is 10.6 Å². The van der Waals surface area contributed by atoms with Crippen molar-refractivity contribution < 1.29 is 0 Å². The fourth-order valence-electron chi connectivity index (χ4n) is 2.76. The number of aromatic nitrogens is 2. The van der Waals surface area contributed by atoms with Gasteiger partial charge in [-0.2, -0.15) is 0 Å². The molecule has 29 heavy (non-hydrogen) atoms. The largest absolute Gasteiger partial charge is 0.337 e. The molecular weight excluding hydrogens is 450 g/mol. The number of anilines is 4. The predicted octanol–water partition coefficient (Wildman–Crippen LogP) is 8.04. The third-order valence-electron chi connectivity index (χ3n) is 4.18. The zero-order valence-corrected chi connectivity index (χ0v) is 18.1. The van der Waals surface area contributed by atoms with E-state index < -0.39 is 0 Å². The summed E-state index contributed by atoms with van der Waals surface area (Å²) in [5, 5.41) is 8.36. The fraction of sp³-hybridized carbons (Fsp3) is 0.0476. The van der Waals surface area contributed by atoms with Gasteiger partial charge >= 0.3 is 0 Å². The average Bonchev–Trinajstić information content (AvgIpc) is 2.68. The Hall–Kier alpha value is -2.24. The van der Waals surface area contributed by atoms with Crippen LogP contribution in [0.25, 0.3) is 11.0 Å². The van der Waals surface area contributed by atoms with E-state index in [4.69, 9.17) is 56.4 Å². The van der Waals surface area contributed by atoms with Crippen molar-refractivity contribution in [3.63, 3.8) is 0 Å². The van der Waals surface area contributed by atoms with Crippen molar-refractivity contribution in [2.75, 3.05) is 10.6 Å². The molecule has 0 bridgehead atoms. The Morgan fingerprint density at radius 1 is 0.586 bits per heavy atom. The highest BCUT2D eigenvalue weighted by Gasteiger charge is 2.12. The van der Waals surface area contributed by atoms with Gasteiger partial charge in [0.15, 0.2) is 11.6 Å². The molecule has 146 valence electrons. The molecule has 0 atom stereocenters. The molecule has 0 saturated heterocycles. The van der Waals surface area contributed by atoms with E-state index in [1.807, 2.05) is 37.3 Å². The topological polar surface area (TPSA) is 49.8 Å². The first-order valence-corrected chi connectivity index (χ1v) is 10.1. The Morgan fingerprint density at radius 3 is 1.62 bits per heavy atom. The molecule has 0 radical (unpaired) electrons. The van der Waals surface area contributed by atoms with Gasteiger partial charge in [-0.05, 0) is 61.0 Å². The van der Waals surface area contributed by atoms with E-state index in [-0.39, 0.29) is 0 Å². The van der Waals surface area contributed by atoms with Crippen molar-refractivity contribution in [1.82, 2.24) is 9.97 Å². The molecule has 0 saturated carbocycles. The van der Waals surface area contributed by atoms with E-state index in [0.717, 1.165) is 28.0 Å². The minimum atomic E-state index is 0.444. The maximum atomic E-state index is 6.15. The SMILES string of the molecule is Cc1ccc2nc(Nc3ccc(Cl)c(Cl)c3)c(Nc3ccc(Cl)c(Cl)c3)nc2c1. The number of hydrogen-bond acceptors (Lipinski definition) is 4. The molecule has 1 heterocycles. The number of nitrogens with zero attached hydrogens (tertiary/aromatic N) is 2. The third kappa shape index (κ3) is 4.51. The van der Waals surface area contributed by atoms with Crippen LogP contribution >= 0.6 is 46.4 Å². The second-order valence-corrected chi connectivity index (χ2v) is 8.05. The Kier molecular flexibility index (Phi) is 5.70. The van der Waals surface area contributed by atoms with Gasteiger partial charge in [-0.25, -0.2) is 9.97 Å². The van der Waals surface area contributed by atoms with Crippen LogP contribution in [0, 0.1) is 6.92 Å². The quantitative estimate of drug-likeness (QED) is 0.321. The van der Waals surface area contributed by atoms with E-state index in [0.29, 0.717) is 31.7 Å². The van der Waals surface area contributed by atoms with Crippen LogP contribution in [-0.4, -0.2) is 9.97 Å². The first-order valence-electron chi connectivity index (χ1n) is 8.61. The smallest absolute Gasteiger partial charge is 0.174 e. The number of hydrogen-bond donors (Lipinski definition) is 2. The summed E-state index contributed by atoms with van der Waals surface area (Å²) in [5.41, 5.74) is 4.10. The summed E-state index contributed by atoms with van der Waals surface area (Å²) in [4.78, 5) is 9.48. The summed E-state index contributed by atoms with van der Waals surface area (Å²) < 4.78 is 0. The lowest BCUT2D eigenvalue weighted by Crippen LogP contribution is -2.03. The second kappa shape index (κ2) is 8.25. The summed E-state index contributed by atoms with van der Waals surface area (Å²) >= 11 is 24.3. The molecule has 2 N–H and O–H groups in total. The van der Waals surface area contributed by atoms with Crippen LogP contribution in [0.5, 0.6) is 0 Å². The highest BCUT2D eigenvalue weighted by Crippen LogP contribution is 2.32. The molecule has 0 fully saturated rings. The van der Waals surface area contributed by atoms with Gasteiger partial charge in [0.05, 0.1) is 31.1 Å². The molecule has 0 aliphatic carbocycles. The molecule has 8 heteroatoms. The lowest BCUT2D eigenvalue weighted by Gasteiger charge is -2.14. The van der Waals surface area contributed by atoms with Crippen molar-refractivity contribution >= 4 is 80.4 Å². The molecule has 0 aliphatic heterocycles. The molecule has 0 amide bonds. The monoisotopic (exact) mass is 462 g/mol. The van der Waals surface area contributed by atoms with Crippen molar-refractivity contribution in [3.8, 4) is 0 Å². The van der Waals surface area contributed by atoms with Crippen LogP contribution in [-0.2, 0) is 0 Å². The molecule has 4 nitrogen and oxygen atoms in total. The van der Waals surface area contributed by atoms with Gasteiger partial charge in [-0.3, -0.25) is 0 Å². The van der Waals surface area contributed by atoms with Crippen molar-refractivity contribution in [2.45, 2.75) is 6.92 Å². The van der Waals surface area contributed by atoms with Crippen LogP contribution in [0.4, 0.5) is 23.0 Å². The second-order valence-electron chi connectivity index (χ2n) is 6.42. The number of nitrogens with one attached hydrogen (secondary N) is 2. The van der Waals surface area contributed by atoms with Crippen molar-refractivity contribution in [3.05, 3.63) is 80.3 Å². The van der Waals surface area contributed by atoms with Gasteiger partial charge in [0, 0.05) is 11.4 Å². The maximum absolute atomic E-state index is 6.15. The van der Waals surface area contributed by atoms with E-state index in [1.165, 1.54) is 0 Å². The van der Waals surface area contributed by atoms with Gasteiger partial charge in [-0.1, -0.05) is 52.5 Å². The fourth-order valence-corrected chi connectivity index (χ4v) is 3.36. The lowest BCUT2D eigenvalue weighted by atomic mass is 10.2. The molecular formula is C21H14Cl4N4. The summed E-state index contributed by atoms with van der Waals surface area (Å²) in [6, 6.07) is 16.4. The van der Waals surface area contributed by atoms with Gasteiger partial charge in [-0.15, -0.1) is 0 Å². The van der Waals surface area contributed by atoms with Gasteiger partial charge in [0.2, 0.25) is 0 Å². The Balaban J connectivity index is 1.79. The van der Waals surface area contributed by atoms with E-state index in [2.05, 4.69) is 10.6 Å². The van der Waals surface area contributed by atoms with Gasteiger partial charge in [0.1, 0.15) is 0 Å². The molecule has 0 aliphatic rings. The molecule has 3 aromatic carbocycles. The number of fused-ring (bicyclic) bond motifs is 1. The van der Waals surface area contributed by atoms with Crippen molar-refractivity contribution in [2.24, 2.45) is 0 Å². The van der Waals surface area contributed by atoms with Crippen LogP contribution in [0.2, 0.25) is 20.1 Å². The highest BCUT2D eigenvalue weighted by molar-refractivity contribution is 6.42. The molecule has 4 rings (SSSR count). The van der Waals surface area contributed by atoms with Crippen LogP contribution in [0.3, 0.4) is 0 Å². The number of rotatable bonds is 4. The van der Waals surface area contributed by atoms with Gasteiger partial charge < -0.3 is 10.6 Å². The Labute approximate surface area is 187 Å². The third-order valence-corrected chi connectivity index (χ3v) is 5.66. The summed E-state index contributed by atoms with van der Waals surface area (Å²) in [6.45, 7) is 2.01. The summed E-state index contributed by atoms with van der Waals surface area (Å²) in [6.07, 6.45) is 0. The highest BCUT2D eigenvalue weighted by atomic mass is 35.5. The summed E-state index contributed by atoms with van der Waals surface area (Å²) in [7, 11) is 0. The van der Waals surface area contributed by atoms with Crippen molar-refractivity contribution in [1.29, 1.82) is 0 Å². The molecule has 4 aromatic rings. The number of halogens is 4. The van der Waals surface area contributed by atoms with Crippen LogP contribution in [0.1, 0.15) is 5.56 Å². The predicted molar refractivity (Wildman–Crippen MR) is 124 cm³/mol. The lowest BCUT2D eigenvalue weighted by molar-refractivity contribution is 1.26. The average molecular weight is 464 g/mol. The molecule has 0 unspecified atom stereocenters. The minimum absolute atomic E-state index is 0.444. The minimum Gasteiger partial charge on any atom is -0.337 e. The first-order chi connectivity index (χ1) is 13.9. The van der Waals surface area contributed by atoms with E-state index in [1.54, 1.807) is 24.3 Å². The zero-order valence-electron chi connectivity index (χ0n) is 15.1. The van der Waals surface area contributed by atoms with Crippen LogP contribution in [0.15, 0.2) is 54.6 Å². The first kappa shape index (κ1) is 20.0. The maximum Gasteiger partial charge on any atom is 0.174 e. The summed E-state index contributed by atoms with van der Waals surface area (Å²) in [5.74, 6) is 1.07. The Morgan fingerprint density at radius 2 is 1.10 bits per heavy atom. The van der Waals surface area contributed by atoms with E-state index >= 15 is 0 Å². The number of aryl methyl sites for hydroxylation is 1. The normalized spacial score (nSPS) is 10.9.